The SMILES string of the molecule is C=CCOc1ccc(CNC(C)c2cccc(Cl)c2)cc1. The minimum Gasteiger partial charge on any atom is -0.490 e. The molecule has 0 heterocycles. The van der Waals surface area contributed by atoms with Gasteiger partial charge in [0.2, 0.25) is 0 Å². The van der Waals surface area contributed by atoms with Crippen molar-refractivity contribution in [2.24, 2.45) is 0 Å². The summed E-state index contributed by atoms with van der Waals surface area (Å²) in [5.74, 6) is 0.863. The predicted octanol–water partition coefficient (Wildman–Crippen LogP) is 4.76. The van der Waals surface area contributed by atoms with E-state index < -0.39 is 0 Å². The molecule has 0 aromatic heterocycles. The van der Waals surface area contributed by atoms with Gasteiger partial charge in [-0.15, -0.1) is 0 Å². The summed E-state index contributed by atoms with van der Waals surface area (Å²) in [6, 6.07) is 16.3. The highest BCUT2D eigenvalue weighted by Crippen LogP contribution is 2.18. The Morgan fingerprint density at radius 1 is 1.24 bits per heavy atom. The average molecular weight is 302 g/mol. The number of hydrogen-bond acceptors (Lipinski definition) is 2. The molecule has 0 saturated heterocycles. The van der Waals surface area contributed by atoms with Crippen LogP contribution in [0.15, 0.2) is 61.2 Å². The van der Waals surface area contributed by atoms with Gasteiger partial charge in [0.15, 0.2) is 0 Å². The van der Waals surface area contributed by atoms with Crippen LogP contribution in [0.5, 0.6) is 5.75 Å². The molecule has 0 aliphatic heterocycles. The zero-order valence-corrected chi connectivity index (χ0v) is 12.9. The zero-order valence-electron chi connectivity index (χ0n) is 12.2. The average Bonchev–Trinajstić information content (AvgIpc) is 2.51. The van der Waals surface area contributed by atoms with Crippen LogP contribution in [-0.4, -0.2) is 6.61 Å². The van der Waals surface area contributed by atoms with Crippen LogP contribution < -0.4 is 10.1 Å². The van der Waals surface area contributed by atoms with Gasteiger partial charge >= 0.3 is 0 Å². The van der Waals surface area contributed by atoms with E-state index in [4.69, 9.17) is 16.3 Å². The van der Waals surface area contributed by atoms with Gasteiger partial charge in [0, 0.05) is 17.6 Å². The molecule has 21 heavy (non-hydrogen) atoms. The minimum absolute atomic E-state index is 0.250. The van der Waals surface area contributed by atoms with Crippen molar-refractivity contribution >= 4 is 11.6 Å². The van der Waals surface area contributed by atoms with Gasteiger partial charge in [-0.1, -0.05) is 48.5 Å². The molecule has 0 fully saturated rings. The molecule has 1 unspecified atom stereocenters. The third-order valence-electron chi connectivity index (χ3n) is 3.25. The number of hydrogen-bond donors (Lipinski definition) is 1. The number of benzene rings is 2. The number of ether oxygens (including phenoxy) is 1. The molecule has 0 radical (unpaired) electrons. The second-order valence-corrected chi connectivity index (χ2v) is 5.34. The second kappa shape index (κ2) is 7.87. The lowest BCUT2D eigenvalue weighted by atomic mass is 10.1. The normalized spacial score (nSPS) is 11.9. The lowest BCUT2D eigenvalue weighted by Crippen LogP contribution is -2.17. The Balaban J connectivity index is 1.89. The zero-order chi connectivity index (χ0) is 15.1. The van der Waals surface area contributed by atoms with E-state index in [0.717, 1.165) is 17.3 Å². The Kier molecular flexibility index (Phi) is 5.85. The summed E-state index contributed by atoms with van der Waals surface area (Å²) in [5.41, 5.74) is 2.41. The first-order valence-electron chi connectivity index (χ1n) is 7.00. The Morgan fingerprint density at radius 3 is 2.67 bits per heavy atom. The summed E-state index contributed by atoms with van der Waals surface area (Å²) in [6.45, 7) is 7.10. The van der Waals surface area contributed by atoms with Crippen LogP contribution in [0.1, 0.15) is 24.1 Å². The third-order valence-corrected chi connectivity index (χ3v) is 3.49. The fraction of sp³-hybridized carbons (Fsp3) is 0.222. The molecule has 0 spiro atoms. The molecule has 2 nitrogen and oxygen atoms in total. The van der Waals surface area contributed by atoms with Gasteiger partial charge in [-0.3, -0.25) is 0 Å². The van der Waals surface area contributed by atoms with E-state index in [9.17, 15) is 0 Å². The van der Waals surface area contributed by atoms with Crippen LogP contribution in [0.4, 0.5) is 0 Å². The van der Waals surface area contributed by atoms with Crippen molar-refractivity contribution in [3.8, 4) is 5.75 Å². The smallest absolute Gasteiger partial charge is 0.119 e. The molecule has 0 bridgehead atoms. The van der Waals surface area contributed by atoms with Gasteiger partial charge in [0.25, 0.3) is 0 Å². The second-order valence-electron chi connectivity index (χ2n) is 4.90. The highest BCUT2D eigenvalue weighted by molar-refractivity contribution is 6.30. The molecule has 110 valence electrons. The molecule has 0 aliphatic carbocycles. The van der Waals surface area contributed by atoms with E-state index in [0.29, 0.717) is 6.61 Å². The van der Waals surface area contributed by atoms with Crippen LogP contribution in [-0.2, 0) is 6.54 Å². The van der Waals surface area contributed by atoms with E-state index in [1.54, 1.807) is 6.08 Å². The largest absolute Gasteiger partial charge is 0.490 e. The first kappa shape index (κ1) is 15.6. The van der Waals surface area contributed by atoms with Gasteiger partial charge in [-0.05, 0) is 42.3 Å². The molecule has 0 aliphatic rings. The first-order valence-corrected chi connectivity index (χ1v) is 7.38. The van der Waals surface area contributed by atoms with Crippen molar-refractivity contribution in [1.29, 1.82) is 0 Å². The van der Waals surface area contributed by atoms with E-state index in [1.807, 2.05) is 30.3 Å². The van der Waals surface area contributed by atoms with Crippen LogP contribution in [0.3, 0.4) is 0 Å². The Bertz CT molecular complexity index is 580. The van der Waals surface area contributed by atoms with Gasteiger partial charge in [-0.25, -0.2) is 0 Å². The molecule has 2 rings (SSSR count). The fourth-order valence-electron chi connectivity index (χ4n) is 2.02. The lowest BCUT2D eigenvalue weighted by molar-refractivity contribution is 0.363. The highest BCUT2D eigenvalue weighted by Gasteiger charge is 2.05. The van der Waals surface area contributed by atoms with Gasteiger partial charge in [0.1, 0.15) is 12.4 Å². The van der Waals surface area contributed by atoms with Crippen molar-refractivity contribution in [3.63, 3.8) is 0 Å². The van der Waals surface area contributed by atoms with Crippen LogP contribution in [0.25, 0.3) is 0 Å². The van der Waals surface area contributed by atoms with Crippen molar-refractivity contribution in [1.82, 2.24) is 5.32 Å². The highest BCUT2D eigenvalue weighted by atomic mass is 35.5. The summed E-state index contributed by atoms with van der Waals surface area (Å²) in [5, 5.41) is 4.26. The monoisotopic (exact) mass is 301 g/mol. The van der Waals surface area contributed by atoms with Gasteiger partial charge in [-0.2, -0.15) is 0 Å². The van der Waals surface area contributed by atoms with Crippen molar-refractivity contribution in [2.45, 2.75) is 19.5 Å². The number of rotatable bonds is 7. The summed E-state index contributed by atoms with van der Waals surface area (Å²) in [6.07, 6.45) is 1.74. The number of halogens is 1. The molecule has 3 heteroatoms. The first-order chi connectivity index (χ1) is 10.2. The summed E-state index contributed by atoms with van der Waals surface area (Å²) >= 11 is 6.02. The molecule has 2 aromatic carbocycles. The topological polar surface area (TPSA) is 21.3 Å². The maximum atomic E-state index is 6.02. The van der Waals surface area contributed by atoms with Crippen molar-refractivity contribution in [3.05, 3.63) is 77.3 Å². The van der Waals surface area contributed by atoms with Crippen LogP contribution >= 0.6 is 11.6 Å². The van der Waals surface area contributed by atoms with Crippen LogP contribution in [0, 0.1) is 0 Å². The maximum absolute atomic E-state index is 6.02. The molecular weight excluding hydrogens is 282 g/mol. The van der Waals surface area contributed by atoms with E-state index >= 15 is 0 Å². The Morgan fingerprint density at radius 2 is 2.00 bits per heavy atom. The van der Waals surface area contributed by atoms with E-state index in [-0.39, 0.29) is 6.04 Å². The molecule has 2 aromatic rings. The molecule has 0 saturated carbocycles. The quantitative estimate of drug-likeness (QED) is 0.745. The Labute approximate surface area is 131 Å². The maximum Gasteiger partial charge on any atom is 0.119 e. The molecule has 0 amide bonds. The summed E-state index contributed by atoms with van der Waals surface area (Å²) < 4.78 is 5.47. The van der Waals surface area contributed by atoms with E-state index in [2.05, 4.69) is 37.0 Å². The van der Waals surface area contributed by atoms with E-state index in [1.165, 1.54) is 11.1 Å². The number of nitrogens with one attached hydrogen (secondary N) is 1. The van der Waals surface area contributed by atoms with Crippen LogP contribution in [0.2, 0.25) is 5.02 Å². The van der Waals surface area contributed by atoms with Crippen molar-refractivity contribution < 1.29 is 4.74 Å². The van der Waals surface area contributed by atoms with Crippen molar-refractivity contribution in [2.75, 3.05) is 6.61 Å². The third kappa shape index (κ3) is 4.92. The lowest BCUT2D eigenvalue weighted by Gasteiger charge is -2.15. The predicted molar refractivity (Wildman–Crippen MR) is 88.8 cm³/mol. The molecule has 1 atom stereocenters. The van der Waals surface area contributed by atoms with Gasteiger partial charge in [0.05, 0.1) is 0 Å². The fourth-order valence-corrected chi connectivity index (χ4v) is 2.22. The van der Waals surface area contributed by atoms with Gasteiger partial charge < -0.3 is 10.1 Å². The standard InChI is InChI=1S/C18H20ClNO/c1-3-11-21-18-9-7-15(8-10-18)13-20-14(2)16-5-4-6-17(19)12-16/h3-10,12,14,20H,1,11,13H2,2H3. The minimum atomic E-state index is 0.250. The molecular formula is C18H20ClNO. The molecule has 1 N–H and O–H groups in total. The Hall–Kier alpha value is -1.77. The summed E-state index contributed by atoms with van der Waals surface area (Å²) in [7, 11) is 0. The summed E-state index contributed by atoms with van der Waals surface area (Å²) in [4.78, 5) is 0.